The number of aromatic nitrogens is 2. The molecule has 0 radical (unpaired) electrons. The van der Waals surface area contributed by atoms with Crippen molar-refractivity contribution in [1.82, 2.24) is 14.9 Å². The number of para-hydroxylation sites is 2. The number of methoxy groups -OCH3 is 1. The smallest absolute Gasteiger partial charge is 0.262 e. The Bertz CT molecular complexity index is 1080. The Labute approximate surface area is 167 Å². The Morgan fingerprint density at radius 1 is 1.34 bits per heavy atom. The highest BCUT2D eigenvalue weighted by molar-refractivity contribution is 6.00. The van der Waals surface area contributed by atoms with Crippen LogP contribution in [0.15, 0.2) is 42.5 Å². The molecule has 1 atom stereocenters. The molecule has 2 N–H and O–H groups in total. The van der Waals surface area contributed by atoms with Gasteiger partial charge in [0, 0.05) is 19.2 Å². The van der Waals surface area contributed by atoms with Gasteiger partial charge >= 0.3 is 0 Å². The van der Waals surface area contributed by atoms with Crippen molar-refractivity contribution in [3.05, 3.63) is 53.9 Å². The quantitative estimate of drug-likeness (QED) is 0.670. The van der Waals surface area contributed by atoms with Crippen LogP contribution in [0.1, 0.15) is 29.1 Å². The van der Waals surface area contributed by atoms with Gasteiger partial charge in [-0.15, -0.1) is 0 Å². The fraction of sp³-hybridized carbons (Fsp3) is 0.286. The number of benzene rings is 2. The fourth-order valence-electron chi connectivity index (χ4n) is 3.41. The van der Waals surface area contributed by atoms with Crippen LogP contribution >= 0.6 is 0 Å². The van der Waals surface area contributed by atoms with Crippen molar-refractivity contribution in [2.45, 2.75) is 19.5 Å². The van der Waals surface area contributed by atoms with Crippen molar-refractivity contribution in [2.24, 2.45) is 0 Å². The molecule has 0 spiro atoms. The molecule has 1 aliphatic rings. The van der Waals surface area contributed by atoms with Gasteiger partial charge in [0.15, 0.2) is 6.61 Å². The van der Waals surface area contributed by atoms with Crippen LogP contribution in [-0.4, -0.2) is 41.7 Å². The van der Waals surface area contributed by atoms with Gasteiger partial charge in [-0.1, -0.05) is 12.1 Å². The molecule has 8 heteroatoms. The molecular formula is C21H22N4O4. The molecule has 2 amide bonds. The zero-order chi connectivity index (χ0) is 20.4. The molecule has 1 aromatic heterocycles. The molecule has 0 saturated carbocycles. The number of fused-ring (bicyclic) bond motifs is 2. The van der Waals surface area contributed by atoms with Gasteiger partial charge in [-0.3, -0.25) is 9.59 Å². The van der Waals surface area contributed by atoms with Crippen LogP contribution in [0, 0.1) is 0 Å². The van der Waals surface area contributed by atoms with Crippen LogP contribution in [0.2, 0.25) is 0 Å². The normalized spacial score (nSPS) is 14.1. The van der Waals surface area contributed by atoms with Gasteiger partial charge < -0.3 is 24.7 Å². The van der Waals surface area contributed by atoms with E-state index in [-0.39, 0.29) is 24.5 Å². The third-order valence-electron chi connectivity index (χ3n) is 4.81. The Hall–Kier alpha value is -3.39. The molecule has 2 aromatic carbocycles. The van der Waals surface area contributed by atoms with E-state index in [1.54, 1.807) is 25.3 Å². The number of nitrogens with one attached hydrogen (secondary N) is 2. The highest BCUT2D eigenvalue weighted by Gasteiger charge is 2.21. The number of hydrogen-bond donors (Lipinski definition) is 2. The molecular weight excluding hydrogens is 372 g/mol. The largest absolute Gasteiger partial charge is 0.482 e. The van der Waals surface area contributed by atoms with E-state index >= 15 is 0 Å². The first-order chi connectivity index (χ1) is 14.1. The lowest BCUT2D eigenvalue weighted by atomic mass is 10.1. The maximum atomic E-state index is 12.8. The molecule has 0 fully saturated rings. The van der Waals surface area contributed by atoms with E-state index in [0.717, 1.165) is 16.9 Å². The first-order valence-electron chi connectivity index (χ1n) is 9.38. The van der Waals surface area contributed by atoms with Crippen LogP contribution in [0.3, 0.4) is 0 Å². The Morgan fingerprint density at radius 3 is 3.00 bits per heavy atom. The van der Waals surface area contributed by atoms with Gasteiger partial charge in [0.05, 0.1) is 29.4 Å². The van der Waals surface area contributed by atoms with Crippen LogP contribution < -0.4 is 15.4 Å². The molecule has 0 aliphatic carbocycles. The van der Waals surface area contributed by atoms with E-state index in [4.69, 9.17) is 14.5 Å². The second kappa shape index (κ2) is 7.92. The number of rotatable bonds is 6. The van der Waals surface area contributed by atoms with Crippen molar-refractivity contribution in [3.63, 3.8) is 0 Å². The number of amides is 2. The van der Waals surface area contributed by atoms with E-state index < -0.39 is 0 Å². The first-order valence-corrected chi connectivity index (χ1v) is 9.38. The second-order valence-electron chi connectivity index (χ2n) is 6.85. The number of anilines is 1. The minimum absolute atomic E-state index is 0.0206. The molecule has 3 aromatic rings. The molecule has 8 nitrogen and oxygen atoms in total. The van der Waals surface area contributed by atoms with Crippen LogP contribution in [0.4, 0.5) is 5.69 Å². The summed E-state index contributed by atoms with van der Waals surface area (Å²) in [6, 6.07) is 12.5. The average molecular weight is 394 g/mol. The van der Waals surface area contributed by atoms with Crippen molar-refractivity contribution in [3.8, 4) is 5.75 Å². The lowest BCUT2D eigenvalue weighted by molar-refractivity contribution is -0.118. The average Bonchev–Trinajstić information content (AvgIpc) is 3.10. The highest BCUT2D eigenvalue weighted by atomic mass is 16.5. The number of carbonyl (C=O) groups is 2. The topological polar surface area (TPSA) is 94.5 Å². The SMILES string of the molecule is COCCn1c([C@H](C)NC(=O)c2ccc3c(c2)NC(=O)CO3)nc2ccccc21. The standard InChI is InChI=1S/C21H22N4O4/c1-13(20-24-15-5-3-4-6-17(15)25(20)9-10-28-2)22-21(27)14-7-8-18-16(11-14)23-19(26)12-29-18/h3-8,11,13H,9-10,12H2,1-2H3,(H,22,27)(H,23,26)/t13-/m0/s1. The minimum Gasteiger partial charge on any atom is -0.482 e. The summed E-state index contributed by atoms with van der Waals surface area (Å²) in [6.07, 6.45) is 0. The van der Waals surface area contributed by atoms with E-state index in [9.17, 15) is 9.59 Å². The first kappa shape index (κ1) is 18.9. The Balaban J connectivity index is 1.58. The van der Waals surface area contributed by atoms with Crippen LogP contribution in [-0.2, 0) is 16.1 Å². The molecule has 2 heterocycles. The zero-order valence-electron chi connectivity index (χ0n) is 16.3. The number of hydrogen-bond acceptors (Lipinski definition) is 5. The van der Waals surface area contributed by atoms with E-state index in [1.807, 2.05) is 31.2 Å². The molecule has 29 heavy (non-hydrogen) atoms. The predicted octanol–water partition coefficient (Wildman–Crippen LogP) is 2.50. The van der Waals surface area contributed by atoms with Gasteiger partial charge in [-0.2, -0.15) is 0 Å². The fourth-order valence-corrected chi connectivity index (χ4v) is 3.41. The number of nitrogens with zero attached hydrogens (tertiary/aromatic N) is 2. The maximum Gasteiger partial charge on any atom is 0.262 e. The molecule has 0 unspecified atom stereocenters. The Morgan fingerprint density at radius 2 is 2.17 bits per heavy atom. The zero-order valence-corrected chi connectivity index (χ0v) is 16.3. The van der Waals surface area contributed by atoms with Crippen molar-refractivity contribution >= 4 is 28.5 Å². The van der Waals surface area contributed by atoms with Gasteiger partial charge in [0.2, 0.25) is 0 Å². The van der Waals surface area contributed by atoms with E-state index in [1.165, 1.54) is 0 Å². The van der Waals surface area contributed by atoms with Crippen LogP contribution in [0.5, 0.6) is 5.75 Å². The van der Waals surface area contributed by atoms with Crippen molar-refractivity contribution in [1.29, 1.82) is 0 Å². The second-order valence-corrected chi connectivity index (χ2v) is 6.85. The monoisotopic (exact) mass is 394 g/mol. The summed E-state index contributed by atoms with van der Waals surface area (Å²) in [5, 5.41) is 5.71. The maximum absolute atomic E-state index is 12.8. The number of imidazole rings is 1. The summed E-state index contributed by atoms with van der Waals surface area (Å²) in [5.41, 5.74) is 2.79. The van der Waals surface area contributed by atoms with Gasteiger partial charge in [0.1, 0.15) is 11.6 Å². The highest BCUT2D eigenvalue weighted by Crippen LogP contribution is 2.29. The van der Waals surface area contributed by atoms with Gasteiger partial charge in [0.25, 0.3) is 11.8 Å². The summed E-state index contributed by atoms with van der Waals surface area (Å²) in [4.78, 5) is 29.0. The van der Waals surface area contributed by atoms with Crippen molar-refractivity contribution in [2.75, 3.05) is 25.6 Å². The number of ether oxygens (including phenoxy) is 2. The van der Waals surface area contributed by atoms with Gasteiger partial charge in [-0.05, 0) is 37.3 Å². The third-order valence-corrected chi connectivity index (χ3v) is 4.81. The predicted molar refractivity (Wildman–Crippen MR) is 108 cm³/mol. The summed E-state index contributed by atoms with van der Waals surface area (Å²) < 4.78 is 12.6. The molecule has 150 valence electrons. The minimum atomic E-state index is -0.325. The van der Waals surface area contributed by atoms with E-state index in [0.29, 0.717) is 30.2 Å². The molecule has 4 rings (SSSR count). The summed E-state index contributed by atoms with van der Waals surface area (Å²) in [6.45, 7) is 3.05. The summed E-state index contributed by atoms with van der Waals surface area (Å²) in [5.74, 6) is 0.808. The summed E-state index contributed by atoms with van der Waals surface area (Å²) >= 11 is 0. The Kier molecular flexibility index (Phi) is 5.18. The molecule has 0 saturated heterocycles. The lowest BCUT2D eigenvalue weighted by Crippen LogP contribution is -2.30. The van der Waals surface area contributed by atoms with Crippen LogP contribution in [0.25, 0.3) is 11.0 Å². The lowest BCUT2D eigenvalue weighted by Gasteiger charge is -2.19. The van der Waals surface area contributed by atoms with Gasteiger partial charge in [-0.25, -0.2) is 4.98 Å². The molecule has 0 bridgehead atoms. The number of carbonyl (C=O) groups excluding carboxylic acids is 2. The summed E-state index contributed by atoms with van der Waals surface area (Å²) in [7, 11) is 1.66. The third kappa shape index (κ3) is 3.79. The van der Waals surface area contributed by atoms with Crippen molar-refractivity contribution < 1.29 is 19.1 Å². The van der Waals surface area contributed by atoms with E-state index in [2.05, 4.69) is 15.2 Å². The molecule has 1 aliphatic heterocycles.